The summed E-state index contributed by atoms with van der Waals surface area (Å²) in [5, 5.41) is 6.75. The van der Waals surface area contributed by atoms with E-state index in [0.29, 0.717) is 29.4 Å². The predicted octanol–water partition coefficient (Wildman–Crippen LogP) is 1.70. The molecule has 3 aliphatic rings. The molecule has 4 N–H and O–H groups in total. The molecule has 8 heteroatoms. The number of hydrogen-bond donors (Lipinski definition) is 3. The Hall–Kier alpha value is -1.08. The molecule has 0 spiro atoms. The van der Waals surface area contributed by atoms with Crippen LogP contribution in [-0.2, 0) is 0 Å². The van der Waals surface area contributed by atoms with Crippen LogP contribution in [0.1, 0.15) is 36.0 Å². The van der Waals surface area contributed by atoms with Crippen molar-refractivity contribution in [3.8, 4) is 0 Å². The normalized spacial score (nSPS) is 30.3. The van der Waals surface area contributed by atoms with Crippen LogP contribution in [0.4, 0.5) is 5.82 Å². The molecule has 0 radical (unpaired) electrons. The molecule has 4 atom stereocenters. The highest BCUT2D eigenvalue weighted by Gasteiger charge is 2.45. The van der Waals surface area contributed by atoms with Gasteiger partial charge in [0.15, 0.2) is 0 Å². The summed E-state index contributed by atoms with van der Waals surface area (Å²) in [5.74, 6) is 1.76. The van der Waals surface area contributed by atoms with Gasteiger partial charge in [-0.25, -0.2) is 4.98 Å². The van der Waals surface area contributed by atoms with Gasteiger partial charge in [-0.3, -0.25) is 9.69 Å². The van der Waals surface area contributed by atoms with Crippen molar-refractivity contribution in [2.45, 2.75) is 37.8 Å². The first kappa shape index (κ1) is 21.2. The average Bonchev–Trinajstić information content (AvgIpc) is 2.62. The van der Waals surface area contributed by atoms with E-state index in [4.69, 9.17) is 5.73 Å². The smallest absolute Gasteiger partial charge is 0.251 e. The van der Waals surface area contributed by atoms with Crippen molar-refractivity contribution in [1.29, 1.82) is 0 Å². The number of pyridine rings is 1. The van der Waals surface area contributed by atoms with Crippen molar-refractivity contribution >= 4 is 36.5 Å². The maximum atomic E-state index is 12.4. The summed E-state index contributed by atoms with van der Waals surface area (Å²) in [7, 11) is 0. The molecule has 3 fully saturated rings. The Morgan fingerprint density at radius 2 is 2.12 bits per heavy atom. The lowest BCUT2D eigenvalue weighted by molar-refractivity contribution is -0.0371. The van der Waals surface area contributed by atoms with Gasteiger partial charge in [-0.15, -0.1) is 24.8 Å². The highest BCUT2D eigenvalue weighted by Crippen LogP contribution is 2.38. The standard InChI is InChI=1S/C18H27N5O.2ClH/c19-17-8-12(4-5-21-17)18(24)22-11-16-14-7-13(9-20-10-14)15-3-1-2-6-23(15)16;;/h4-5,8,13-16,20H,1-3,6-7,9-11H2,(H2,19,21)(H,22,24);2*1H/t13-,14+,15+,16+;;/m1../s1. The quantitative estimate of drug-likeness (QED) is 0.717. The average molecular weight is 402 g/mol. The minimum Gasteiger partial charge on any atom is -0.384 e. The van der Waals surface area contributed by atoms with E-state index < -0.39 is 0 Å². The third-order valence-electron chi connectivity index (χ3n) is 6.04. The number of halogens is 2. The van der Waals surface area contributed by atoms with Gasteiger partial charge in [-0.05, 0) is 62.9 Å². The number of nitrogen functional groups attached to an aromatic ring is 1. The van der Waals surface area contributed by atoms with Crippen LogP contribution in [0, 0.1) is 11.8 Å². The Bertz CT molecular complexity index is 617. The highest BCUT2D eigenvalue weighted by atomic mass is 35.5. The Morgan fingerprint density at radius 3 is 2.92 bits per heavy atom. The second-order valence-corrected chi connectivity index (χ2v) is 7.46. The summed E-state index contributed by atoms with van der Waals surface area (Å²) < 4.78 is 0. The molecule has 2 bridgehead atoms. The van der Waals surface area contributed by atoms with Crippen molar-refractivity contribution in [3.05, 3.63) is 23.9 Å². The molecule has 3 saturated heterocycles. The number of nitrogens with zero attached hydrogens (tertiary/aromatic N) is 2. The molecule has 1 aromatic heterocycles. The molecule has 3 aliphatic heterocycles. The maximum absolute atomic E-state index is 12.4. The number of hydrogen-bond acceptors (Lipinski definition) is 5. The van der Waals surface area contributed by atoms with Crippen molar-refractivity contribution in [2.75, 3.05) is 31.9 Å². The molecule has 146 valence electrons. The van der Waals surface area contributed by atoms with Gasteiger partial charge in [-0.2, -0.15) is 0 Å². The van der Waals surface area contributed by atoms with Crippen molar-refractivity contribution in [3.63, 3.8) is 0 Å². The van der Waals surface area contributed by atoms with Crippen LogP contribution in [0.25, 0.3) is 0 Å². The van der Waals surface area contributed by atoms with Crippen LogP contribution in [0.15, 0.2) is 18.3 Å². The Labute approximate surface area is 167 Å². The fraction of sp³-hybridized carbons (Fsp3) is 0.667. The highest BCUT2D eigenvalue weighted by molar-refractivity contribution is 5.94. The van der Waals surface area contributed by atoms with Gasteiger partial charge in [0.1, 0.15) is 5.82 Å². The fourth-order valence-corrected chi connectivity index (χ4v) is 4.94. The number of fused-ring (bicyclic) bond motifs is 4. The Balaban J connectivity index is 0.00000121. The molecule has 4 heterocycles. The zero-order valence-electron chi connectivity index (χ0n) is 14.9. The van der Waals surface area contributed by atoms with E-state index in [2.05, 4.69) is 20.5 Å². The van der Waals surface area contributed by atoms with Crippen LogP contribution < -0.4 is 16.4 Å². The summed E-state index contributed by atoms with van der Waals surface area (Å²) in [5.41, 5.74) is 6.27. The van der Waals surface area contributed by atoms with Crippen LogP contribution in [0.3, 0.4) is 0 Å². The number of amides is 1. The first-order valence-electron chi connectivity index (χ1n) is 9.18. The lowest BCUT2D eigenvalue weighted by Crippen LogP contribution is -2.65. The molecule has 0 unspecified atom stereocenters. The van der Waals surface area contributed by atoms with Crippen LogP contribution >= 0.6 is 24.8 Å². The lowest BCUT2D eigenvalue weighted by atomic mass is 9.73. The predicted molar refractivity (Wildman–Crippen MR) is 108 cm³/mol. The van der Waals surface area contributed by atoms with Crippen LogP contribution in [0.2, 0.25) is 0 Å². The molecule has 4 rings (SSSR count). The number of nitrogens with two attached hydrogens (primary N) is 1. The van der Waals surface area contributed by atoms with E-state index in [-0.39, 0.29) is 30.7 Å². The van der Waals surface area contributed by atoms with E-state index in [1.165, 1.54) is 32.2 Å². The van der Waals surface area contributed by atoms with Crippen LogP contribution in [-0.4, -0.2) is 54.1 Å². The Morgan fingerprint density at radius 1 is 1.31 bits per heavy atom. The van der Waals surface area contributed by atoms with Crippen molar-refractivity contribution in [1.82, 2.24) is 20.5 Å². The zero-order valence-corrected chi connectivity index (χ0v) is 16.5. The molecule has 0 saturated carbocycles. The largest absolute Gasteiger partial charge is 0.384 e. The van der Waals surface area contributed by atoms with Gasteiger partial charge in [0, 0.05) is 30.4 Å². The molecule has 0 aliphatic carbocycles. The summed E-state index contributed by atoms with van der Waals surface area (Å²) in [6, 6.07) is 4.50. The zero-order chi connectivity index (χ0) is 16.5. The SMILES string of the molecule is Cl.Cl.Nc1cc(C(=O)NC[C@H]2[C@@H]3CNC[C@@H](C3)[C@@H]3CCCCN32)ccn1. The summed E-state index contributed by atoms with van der Waals surface area (Å²) >= 11 is 0. The number of carbonyl (C=O) groups is 1. The summed E-state index contributed by atoms with van der Waals surface area (Å²) in [6.07, 6.45) is 6.83. The van der Waals surface area contributed by atoms with Gasteiger partial charge in [-0.1, -0.05) is 6.42 Å². The first-order valence-corrected chi connectivity index (χ1v) is 9.18. The third-order valence-corrected chi connectivity index (χ3v) is 6.04. The van der Waals surface area contributed by atoms with Crippen molar-refractivity contribution in [2.24, 2.45) is 11.8 Å². The first-order chi connectivity index (χ1) is 11.7. The molecular formula is C18H29Cl2N5O. The number of aromatic nitrogens is 1. The van der Waals surface area contributed by atoms with Gasteiger partial charge >= 0.3 is 0 Å². The topological polar surface area (TPSA) is 83.3 Å². The van der Waals surface area contributed by atoms with E-state index in [1.54, 1.807) is 18.3 Å². The number of anilines is 1. The lowest BCUT2D eigenvalue weighted by Gasteiger charge is -2.55. The minimum absolute atomic E-state index is 0. The maximum Gasteiger partial charge on any atom is 0.251 e. The number of piperidine rings is 3. The van der Waals surface area contributed by atoms with E-state index in [1.807, 2.05) is 0 Å². The van der Waals surface area contributed by atoms with E-state index in [0.717, 1.165) is 25.6 Å². The van der Waals surface area contributed by atoms with Gasteiger partial charge in [0.05, 0.1) is 0 Å². The summed E-state index contributed by atoms with van der Waals surface area (Å²) in [6.45, 7) is 4.13. The van der Waals surface area contributed by atoms with E-state index >= 15 is 0 Å². The Kier molecular flexibility index (Phi) is 7.52. The second kappa shape index (κ2) is 9.22. The van der Waals surface area contributed by atoms with Crippen molar-refractivity contribution < 1.29 is 4.79 Å². The third kappa shape index (κ3) is 4.25. The fourth-order valence-electron chi connectivity index (χ4n) is 4.94. The molecular weight excluding hydrogens is 373 g/mol. The minimum atomic E-state index is -0.0523. The summed E-state index contributed by atoms with van der Waals surface area (Å²) in [4.78, 5) is 19.1. The monoisotopic (exact) mass is 401 g/mol. The van der Waals surface area contributed by atoms with Crippen LogP contribution in [0.5, 0.6) is 0 Å². The second-order valence-electron chi connectivity index (χ2n) is 7.46. The van der Waals surface area contributed by atoms with E-state index in [9.17, 15) is 4.79 Å². The molecule has 6 nitrogen and oxygen atoms in total. The number of nitrogens with one attached hydrogen (secondary N) is 2. The molecule has 0 aromatic carbocycles. The van der Waals surface area contributed by atoms with Gasteiger partial charge < -0.3 is 16.4 Å². The van der Waals surface area contributed by atoms with Gasteiger partial charge in [0.25, 0.3) is 5.91 Å². The molecule has 26 heavy (non-hydrogen) atoms. The molecule has 1 aromatic rings. The van der Waals surface area contributed by atoms with Gasteiger partial charge in [0.2, 0.25) is 0 Å². The number of rotatable bonds is 3. The number of carbonyl (C=O) groups excluding carboxylic acids is 1. The molecule has 1 amide bonds.